The molecule has 0 aromatic carbocycles. The predicted octanol–water partition coefficient (Wildman–Crippen LogP) is 3.11. The van der Waals surface area contributed by atoms with E-state index in [2.05, 4.69) is 20.1 Å². The Morgan fingerprint density at radius 3 is 2.45 bits per heavy atom. The fraction of sp³-hybridized carbons (Fsp3) is 0.706. The van der Waals surface area contributed by atoms with E-state index < -0.39 is 5.60 Å². The molecule has 6 unspecified atom stereocenters. The Morgan fingerprint density at radius 2 is 1.85 bits per heavy atom. The zero-order valence-corrected chi connectivity index (χ0v) is 12.6. The number of esters is 1. The zero-order chi connectivity index (χ0) is 14.7. The highest BCUT2D eigenvalue weighted by molar-refractivity contribution is 5.92. The maximum Gasteiger partial charge on any atom is 0.338 e. The first kappa shape index (κ1) is 13.9. The number of methoxy groups -OCH3 is 1. The topological polar surface area (TPSA) is 35.5 Å². The van der Waals surface area contributed by atoms with Gasteiger partial charge in [-0.15, -0.1) is 0 Å². The van der Waals surface area contributed by atoms with Gasteiger partial charge in [0.25, 0.3) is 0 Å². The van der Waals surface area contributed by atoms with Crippen LogP contribution in [0.15, 0.2) is 24.3 Å². The first-order chi connectivity index (χ1) is 9.38. The molecule has 4 fully saturated rings. The molecule has 3 heteroatoms. The van der Waals surface area contributed by atoms with Gasteiger partial charge in [-0.2, -0.15) is 0 Å². The van der Waals surface area contributed by atoms with Gasteiger partial charge in [0.2, 0.25) is 0 Å². The second kappa shape index (κ2) is 4.45. The molecule has 4 rings (SSSR count). The minimum Gasteiger partial charge on any atom is -0.455 e. The number of ether oxygens (including phenoxy) is 2. The van der Waals surface area contributed by atoms with E-state index in [0.29, 0.717) is 34.8 Å². The molecule has 0 aliphatic heterocycles. The van der Waals surface area contributed by atoms with Crippen LogP contribution in [-0.2, 0) is 14.3 Å². The van der Waals surface area contributed by atoms with E-state index in [1.54, 1.807) is 14.0 Å². The highest BCUT2D eigenvalue weighted by atomic mass is 16.6. The molecule has 4 aliphatic rings. The van der Waals surface area contributed by atoms with Gasteiger partial charge in [0, 0.05) is 13.0 Å². The van der Waals surface area contributed by atoms with Crippen LogP contribution in [0, 0.1) is 23.7 Å². The second-order valence-corrected chi connectivity index (χ2v) is 6.98. The first-order valence-corrected chi connectivity index (χ1v) is 7.49. The van der Waals surface area contributed by atoms with Crippen molar-refractivity contribution in [2.75, 3.05) is 7.11 Å². The third-order valence-electron chi connectivity index (χ3n) is 5.93. The van der Waals surface area contributed by atoms with Crippen LogP contribution < -0.4 is 0 Å². The van der Waals surface area contributed by atoms with Crippen LogP contribution >= 0.6 is 0 Å². The highest BCUT2D eigenvalue weighted by Gasteiger charge is 2.67. The SMILES string of the molecule is C=C(C)C(=C)C(=O)OC1(C)C2CC3CC(C2)C1C3OC. The van der Waals surface area contributed by atoms with Crippen molar-refractivity contribution in [1.29, 1.82) is 0 Å². The molecule has 0 heterocycles. The molecule has 0 saturated heterocycles. The minimum absolute atomic E-state index is 0.245. The van der Waals surface area contributed by atoms with Crippen LogP contribution in [0.3, 0.4) is 0 Å². The number of carbonyl (C=O) groups is 1. The quantitative estimate of drug-likeness (QED) is 0.449. The van der Waals surface area contributed by atoms with Gasteiger partial charge in [-0.1, -0.05) is 13.2 Å². The van der Waals surface area contributed by atoms with Crippen LogP contribution in [-0.4, -0.2) is 24.8 Å². The summed E-state index contributed by atoms with van der Waals surface area (Å²) >= 11 is 0. The van der Waals surface area contributed by atoms with E-state index in [-0.39, 0.29) is 12.1 Å². The van der Waals surface area contributed by atoms with E-state index in [0.717, 1.165) is 6.42 Å². The molecule has 3 nitrogen and oxygen atoms in total. The fourth-order valence-electron chi connectivity index (χ4n) is 4.99. The van der Waals surface area contributed by atoms with Crippen molar-refractivity contribution in [3.8, 4) is 0 Å². The molecule has 4 saturated carbocycles. The third-order valence-corrected chi connectivity index (χ3v) is 5.93. The molecule has 4 bridgehead atoms. The van der Waals surface area contributed by atoms with Crippen molar-refractivity contribution in [1.82, 2.24) is 0 Å². The molecule has 110 valence electrons. The van der Waals surface area contributed by atoms with Crippen LogP contribution in [0.4, 0.5) is 0 Å². The average molecular weight is 276 g/mol. The molecule has 0 N–H and O–H groups in total. The lowest BCUT2D eigenvalue weighted by molar-refractivity contribution is -0.177. The minimum atomic E-state index is -0.395. The van der Waals surface area contributed by atoms with Crippen molar-refractivity contribution >= 4 is 5.97 Å². The summed E-state index contributed by atoms with van der Waals surface area (Å²) in [4.78, 5) is 12.3. The number of hydrogen-bond donors (Lipinski definition) is 0. The van der Waals surface area contributed by atoms with E-state index in [1.165, 1.54) is 12.8 Å². The Bertz CT molecular complexity index is 481. The third kappa shape index (κ3) is 1.72. The predicted molar refractivity (Wildman–Crippen MR) is 77.1 cm³/mol. The Kier molecular flexibility index (Phi) is 3.09. The van der Waals surface area contributed by atoms with Crippen molar-refractivity contribution < 1.29 is 14.3 Å². The number of rotatable bonds is 4. The van der Waals surface area contributed by atoms with Crippen molar-refractivity contribution in [3.05, 3.63) is 24.3 Å². The summed E-state index contributed by atoms with van der Waals surface area (Å²) in [6, 6.07) is 0. The molecule has 0 radical (unpaired) electrons. The maximum absolute atomic E-state index is 12.3. The molecule has 6 atom stereocenters. The lowest BCUT2D eigenvalue weighted by atomic mass is 9.71. The van der Waals surface area contributed by atoms with Crippen LogP contribution in [0.2, 0.25) is 0 Å². The number of carbonyl (C=O) groups excluding carboxylic acids is 1. The first-order valence-electron chi connectivity index (χ1n) is 7.49. The largest absolute Gasteiger partial charge is 0.455 e. The summed E-state index contributed by atoms with van der Waals surface area (Å²) in [7, 11) is 1.79. The molecule has 4 aliphatic carbocycles. The summed E-state index contributed by atoms with van der Waals surface area (Å²) in [5.41, 5.74) is 0.667. The molecule has 20 heavy (non-hydrogen) atoms. The van der Waals surface area contributed by atoms with Crippen LogP contribution in [0.5, 0.6) is 0 Å². The Morgan fingerprint density at radius 1 is 1.20 bits per heavy atom. The Labute approximate surface area is 121 Å². The van der Waals surface area contributed by atoms with Gasteiger partial charge in [-0.3, -0.25) is 0 Å². The van der Waals surface area contributed by atoms with E-state index >= 15 is 0 Å². The monoisotopic (exact) mass is 276 g/mol. The standard InChI is InChI=1S/C17H24O3/c1-9(2)10(3)16(18)20-17(4)13-7-11-6-12(8-13)15(19-5)14(11)17/h11-15H,1,3,6-8H2,2,4-5H3. The van der Waals surface area contributed by atoms with Gasteiger partial charge in [-0.05, 0) is 56.4 Å². The van der Waals surface area contributed by atoms with Crippen LogP contribution in [0.25, 0.3) is 0 Å². The van der Waals surface area contributed by atoms with E-state index in [1.807, 2.05) is 0 Å². The molecule has 0 aromatic rings. The normalized spacial score (nSPS) is 44.6. The second-order valence-electron chi connectivity index (χ2n) is 6.98. The molecular formula is C17H24O3. The van der Waals surface area contributed by atoms with Crippen molar-refractivity contribution in [3.63, 3.8) is 0 Å². The smallest absolute Gasteiger partial charge is 0.338 e. The zero-order valence-electron chi connectivity index (χ0n) is 12.6. The molecule has 0 spiro atoms. The molecule has 0 amide bonds. The Balaban J connectivity index is 1.84. The highest BCUT2D eigenvalue weighted by Crippen LogP contribution is 2.64. The summed E-state index contributed by atoms with van der Waals surface area (Å²) in [5, 5.41) is 0. The van der Waals surface area contributed by atoms with Gasteiger partial charge in [0.15, 0.2) is 0 Å². The summed E-state index contributed by atoms with van der Waals surface area (Å²) in [6.45, 7) is 11.4. The van der Waals surface area contributed by atoms with Gasteiger partial charge in [-0.25, -0.2) is 4.79 Å². The van der Waals surface area contributed by atoms with Crippen LogP contribution in [0.1, 0.15) is 33.1 Å². The summed E-state index contributed by atoms with van der Waals surface area (Å²) < 4.78 is 11.7. The average Bonchev–Trinajstić information content (AvgIpc) is 2.76. The fourth-order valence-corrected chi connectivity index (χ4v) is 4.99. The van der Waals surface area contributed by atoms with Gasteiger partial charge >= 0.3 is 5.97 Å². The lowest BCUT2D eigenvalue weighted by Crippen LogP contribution is -2.51. The van der Waals surface area contributed by atoms with Gasteiger partial charge in [0.05, 0.1) is 11.7 Å². The molecule has 0 aromatic heterocycles. The molecular weight excluding hydrogens is 252 g/mol. The van der Waals surface area contributed by atoms with Gasteiger partial charge < -0.3 is 9.47 Å². The number of hydrogen-bond acceptors (Lipinski definition) is 3. The Hall–Kier alpha value is -1.09. The van der Waals surface area contributed by atoms with E-state index in [9.17, 15) is 4.79 Å². The summed E-state index contributed by atoms with van der Waals surface area (Å²) in [5.74, 6) is 1.82. The van der Waals surface area contributed by atoms with Crippen molar-refractivity contribution in [2.45, 2.75) is 44.8 Å². The van der Waals surface area contributed by atoms with Gasteiger partial charge in [0.1, 0.15) is 5.60 Å². The summed E-state index contributed by atoms with van der Waals surface area (Å²) in [6.07, 6.45) is 3.77. The van der Waals surface area contributed by atoms with Crippen molar-refractivity contribution in [2.24, 2.45) is 23.7 Å². The maximum atomic E-state index is 12.3. The van der Waals surface area contributed by atoms with E-state index in [4.69, 9.17) is 9.47 Å². The lowest BCUT2D eigenvalue weighted by Gasteiger charge is -2.44.